The largest absolute Gasteiger partial charge is 0.312 e. The molecule has 74 valence electrons. The molecule has 0 atom stereocenters. The molecule has 4 heteroatoms. The highest BCUT2D eigenvalue weighted by molar-refractivity contribution is 5.16. The minimum absolute atomic E-state index is 0.235. The third-order valence-electron chi connectivity index (χ3n) is 2.00. The van der Waals surface area contributed by atoms with Crippen LogP contribution in [0.15, 0.2) is 0 Å². The zero-order chi connectivity index (χ0) is 9.84. The van der Waals surface area contributed by atoms with Crippen LogP contribution in [0, 0.1) is 12.9 Å². The van der Waals surface area contributed by atoms with E-state index in [4.69, 9.17) is 0 Å². The van der Waals surface area contributed by atoms with Crippen molar-refractivity contribution < 1.29 is 4.39 Å². The lowest BCUT2D eigenvalue weighted by Crippen LogP contribution is -2.15. The van der Waals surface area contributed by atoms with E-state index in [0.717, 1.165) is 18.7 Å². The molecule has 0 amide bonds. The first-order chi connectivity index (χ1) is 6.16. The number of rotatable bonds is 4. The maximum atomic E-state index is 13.3. The molecule has 0 unspecified atom stereocenters. The van der Waals surface area contributed by atoms with Gasteiger partial charge in [0.2, 0.25) is 5.95 Å². The first-order valence-corrected chi connectivity index (χ1v) is 4.55. The maximum absolute atomic E-state index is 13.3. The molecule has 1 N–H and O–H groups in total. The lowest BCUT2D eigenvalue weighted by atomic mass is 10.2. The van der Waals surface area contributed by atoms with E-state index in [9.17, 15) is 4.39 Å². The quantitative estimate of drug-likeness (QED) is 0.718. The van der Waals surface area contributed by atoms with Crippen LogP contribution in [0.4, 0.5) is 4.39 Å². The van der Waals surface area contributed by atoms with E-state index in [2.05, 4.69) is 17.3 Å². The summed E-state index contributed by atoms with van der Waals surface area (Å²) < 4.78 is 14.6. The van der Waals surface area contributed by atoms with E-state index < -0.39 is 0 Å². The molecule has 13 heavy (non-hydrogen) atoms. The second-order valence-electron chi connectivity index (χ2n) is 3.16. The van der Waals surface area contributed by atoms with Gasteiger partial charge in [-0.25, -0.2) is 4.68 Å². The van der Waals surface area contributed by atoms with Crippen molar-refractivity contribution in [3.63, 3.8) is 0 Å². The van der Waals surface area contributed by atoms with E-state index in [-0.39, 0.29) is 5.95 Å². The van der Waals surface area contributed by atoms with Gasteiger partial charge >= 0.3 is 0 Å². The number of hydrogen-bond acceptors (Lipinski definition) is 2. The van der Waals surface area contributed by atoms with Crippen LogP contribution in [-0.2, 0) is 13.6 Å². The van der Waals surface area contributed by atoms with Gasteiger partial charge in [-0.1, -0.05) is 6.92 Å². The van der Waals surface area contributed by atoms with Crippen molar-refractivity contribution in [2.45, 2.75) is 26.8 Å². The summed E-state index contributed by atoms with van der Waals surface area (Å²) in [5.41, 5.74) is 1.44. The van der Waals surface area contributed by atoms with E-state index in [1.54, 1.807) is 7.05 Å². The molecule has 0 fully saturated rings. The fourth-order valence-electron chi connectivity index (χ4n) is 1.26. The lowest BCUT2D eigenvalue weighted by molar-refractivity contribution is 0.489. The van der Waals surface area contributed by atoms with Gasteiger partial charge in [-0.05, 0) is 19.9 Å². The van der Waals surface area contributed by atoms with Crippen molar-refractivity contribution in [3.8, 4) is 0 Å². The van der Waals surface area contributed by atoms with Crippen LogP contribution in [0.1, 0.15) is 24.6 Å². The number of nitrogens with one attached hydrogen (secondary N) is 1. The molecule has 3 nitrogen and oxygen atoms in total. The second kappa shape index (κ2) is 4.37. The molecule has 1 aromatic heterocycles. The van der Waals surface area contributed by atoms with Crippen molar-refractivity contribution in [3.05, 3.63) is 17.2 Å². The van der Waals surface area contributed by atoms with E-state index >= 15 is 0 Å². The van der Waals surface area contributed by atoms with E-state index in [1.807, 2.05) is 6.92 Å². The molecular weight excluding hydrogens is 169 g/mol. The van der Waals surface area contributed by atoms with Gasteiger partial charge < -0.3 is 5.32 Å². The zero-order valence-corrected chi connectivity index (χ0v) is 8.39. The van der Waals surface area contributed by atoms with Crippen LogP contribution in [0.2, 0.25) is 0 Å². The summed E-state index contributed by atoms with van der Waals surface area (Å²) in [4.78, 5) is 0. The fourth-order valence-corrected chi connectivity index (χ4v) is 1.26. The van der Waals surface area contributed by atoms with Crippen LogP contribution in [-0.4, -0.2) is 16.3 Å². The Morgan fingerprint density at radius 1 is 1.54 bits per heavy atom. The van der Waals surface area contributed by atoms with Crippen LogP contribution < -0.4 is 5.32 Å². The molecule has 1 aromatic rings. The lowest BCUT2D eigenvalue weighted by Gasteiger charge is -2.01. The first kappa shape index (κ1) is 10.2. The van der Waals surface area contributed by atoms with Gasteiger partial charge in [-0.15, -0.1) is 0 Å². The molecule has 0 aliphatic heterocycles. The third kappa shape index (κ3) is 2.28. The Balaban J connectivity index is 2.64. The third-order valence-corrected chi connectivity index (χ3v) is 2.00. The van der Waals surface area contributed by atoms with Crippen LogP contribution in [0.3, 0.4) is 0 Å². The molecule has 0 radical (unpaired) electrons. The number of hydrogen-bond donors (Lipinski definition) is 1. The highest BCUT2D eigenvalue weighted by atomic mass is 19.1. The van der Waals surface area contributed by atoms with E-state index in [0.29, 0.717) is 12.1 Å². The fraction of sp³-hybridized carbons (Fsp3) is 0.667. The Hall–Kier alpha value is -0.900. The summed E-state index contributed by atoms with van der Waals surface area (Å²) >= 11 is 0. The Labute approximate surface area is 77.9 Å². The Kier molecular flexibility index (Phi) is 3.42. The van der Waals surface area contributed by atoms with E-state index in [1.165, 1.54) is 4.68 Å². The highest BCUT2D eigenvalue weighted by Gasteiger charge is 2.11. The average molecular weight is 185 g/mol. The van der Waals surface area contributed by atoms with Crippen molar-refractivity contribution in [1.29, 1.82) is 0 Å². The molecule has 0 saturated carbocycles. The second-order valence-corrected chi connectivity index (χ2v) is 3.16. The smallest absolute Gasteiger partial charge is 0.215 e. The Morgan fingerprint density at radius 3 is 2.69 bits per heavy atom. The molecule has 1 heterocycles. The molecule has 0 bridgehead atoms. The zero-order valence-electron chi connectivity index (χ0n) is 8.39. The molecule has 0 aliphatic rings. The first-order valence-electron chi connectivity index (χ1n) is 4.55. The molecule has 1 rings (SSSR count). The maximum Gasteiger partial charge on any atom is 0.215 e. The summed E-state index contributed by atoms with van der Waals surface area (Å²) in [5.74, 6) is -0.235. The van der Waals surface area contributed by atoms with Gasteiger partial charge in [0.1, 0.15) is 0 Å². The molecule has 0 saturated heterocycles. The SMILES string of the molecule is CCCNCc1c(C)nn(C)c1F. The van der Waals surface area contributed by atoms with Gasteiger partial charge in [0.15, 0.2) is 0 Å². The van der Waals surface area contributed by atoms with Crippen LogP contribution >= 0.6 is 0 Å². The Bertz CT molecular complexity index is 281. The van der Waals surface area contributed by atoms with Crippen LogP contribution in [0.5, 0.6) is 0 Å². The predicted octanol–water partition coefficient (Wildman–Crippen LogP) is 1.37. The molecule has 0 aromatic carbocycles. The monoisotopic (exact) mass is 185 g/mol. The summed E-state index contributed by atoms with van der Waals surface area (Å²) in [6.45, 7) is 5.39. The Morgan fingerprint density at radius 2 is 2.23 bits per heavy atom. The van der Waals surface area contributed by atoms with Crippen molar-refractivity contribution in [2.24, 2.45) is 7.05 Å². The van der Waals surface area contributed by atoms with Gasteiger partial charge in [-0.3, -0.25) is 0 Å². The molecule has 0 spiro atoms. The minimum atomic E-state index is -0.235. The van der Waals surface area contributed by atoms with Crippen molar-refractivity contribution >= 4 is 0 Å². The molecule has 0 aliphatic carbocycles. The number of aromatic nitrogens is 2. The van der Waals surface area contributed by atoms with Crippen molar-refractivity contribution in [2.75, 3.05) is 6.54 Å². The topological polar surface area (TPSA) is 29.9 Å². The predicted molar refractivity (Wildman–Crippen MR) is 49.9 cm³/mol. The van der Waals surface area contributed by atoms with Gasteiger partial charge in [-0.2, -0.15) is 9.49 Å². The van der Waals surface area contributed by atoms with Crippen molar-refractivity contribution in [1.82, 2.24) is 15.1 Å². The van der Waals surface area contributed by atoms with Gasteiger partial charge in [0.05, 0.1) is 5.69 Å². The summed E-state index contributed by atoms with van der Waals surface area (Å²) in [7, 11) is 1.62. The average Bonchev–Trinajstić information content (AvgIpc) is 2.32. The standard InChI is InChI=1S/C9H16FN3/c1-4-5-11-6-8-7(2)12-13(3)9(8)10/h11H,4-6H2,1-3H3. The summed E-state index contributed by atoms with van der Waals surface area (Å²) in [5, 5.41) is 7.14. The number of halogens is 1. The van der Waals surface area contributed by atoms with Crippen LogP contribution in [0.25, 0.3) is 0 Å². The highest BCUT2D eigenvalue weighted by Crippen LogP contribution is 2.10. The molecular formula is C9H16FN3. The summed E-state index contributed by atoms with van der Waals surface area (Å²) in [6.07, 6.45) is 1.06. The summed E-state index contributed by atoms with van der Waals surface area (Å²) in [6, 6.07) is 0. The van der Waals surface area contributed by atoms with Gasteiger partial charge in [0.25, 0.3) is 0 Å². The normalized spacial score (nSPS) is 10.8. The number of nitrogens with zero attached hydrogens (tertiary/aromatic N) is 2. The number of aryl methyl sites for hydroxylation is 2. The van der Waals surface area contributed by atoms with Gasteiger partial charge in [0, 0.05) is 19.2 Å². The minimum Gasteiger partial charge on any atom is -0.312 e.